The van der Waals surface area contributed by atoms with Crippen LogP contribution in [0, 0.1) is 0 Å². The summed E-state index contributed by atoms with van der Waals surface area (Å²) in [4.78, 5) is 0. The Bertz CT molecular complexity index is 621. The van der Waals surface area contributed by atoms with Crippen LogP contribution < -0.4 is 0 Å². The molecule has 0 saturated heterocycles. The molecule has 118 valence electrons. The first-order chi connectivity index (χ1) is 10.4. The van der Waals surface area contributed by atoms with Gasteiger partial charge >= 0.3 is 0 Å². The molecule has 0 nitrogen and oxygen atoms in total. The second kappa shape index (κ2) is 8.61. The van der Waals surface area contributed by atoms with Crippen molar-refractivity contribution in [2.45, 2.75) is 60.8 Å². The summed E-state index contributed by atoms with van der Waals surface area (Å²) in [5, 5.41) is 0. The normalized spacial score (nSPS) is 18.6. The number of hydrogen-bond acceptors (Lipinski definition) is 0. The molecule has 0 radical (unpaired) electrons. The van der Waals surface area contributed by atoms with Crippen molar-refractivity contribution in [2.75, 3.05) is 0 Å². The lowest BCUT2D eigenvalue weighted by molar-refractivity contribution is 1.10. The van der Waals surface area contributed by atoms with Crippen molar-refractivity contribution >= 4 is 0 Å². The van der Waals surface area contributed by atoms with Gasteiger partial charge in [-0.15, -0.1) is 5.73 Å². The van der Waals surface area contributed by atoms with Gasteiger partial charge in [-0.05, 0) is 74.5 Å². The Morgan fingerprint density at radius 1 is 1.23 bits per heavy atom. The summed E-state index contributed by atoms with van der Waals surface area (Å²) in [6, 6.07) is 0. The molecule has 0 aliphatic heterocycles. The van der Waals surface area contributed by atoms with E-state index in [2.05, 4.69) is 71.2 Å². The van der Waals surface area contributed by atoms with Crippen molar-refractivity contribution in [1.29, 1.82) is 0 Å². The zero-order valence-electron chi connectivity index (χ0n) is 15.1. The highest BCUT2D eigenvalue weighted by Gasteiger charge is 2.12. The van der Waals surface area contributed by atoms with E-state index in [1.165, 1.54) is 33.4 Å². The fourth-order valence-electron chi connectivity index (χ4n) is 2.64. The van der Waals surface area contributed by atoms with Gasteiger partial charge in [0.25, 0.3) is 0 Å². The van der Waals surface area contributed by atoms with E-state index in [1.807, 2.05) is 6.92 Å². The van der Waals surface area contributed by atoms with Crippen LogP contribution in [-0.2, 0) is 0 Å². The molecule has 0 heteroatoms. The van der Waals surface area contributed by atoms with Crippen molar-refractivity contribution in [3.63, 3.8) is 0 Å². The summed E-state index contributed by atoms with van der Waals surface area (Å²) >= 11 is 0. The highest BCUT2D eigenvalue weighted by Crippen LogP contribution is 2.30. The molecule has 0 fully saturated rings. The predicted octanol–water partition coefficient (Wildman–Crippen LogP) is 7.00. The largest absolute Gasteiger partial charge is 0.118 e. The van der Waals surface area contributed by atoms with Gasteiger partial charge in [-0.2, -0.15) is 0 Å². The highest BCUT2D eigenvalue weighted by atomic mass is 14.2. The second-order valence-electron chi connectivity index (χ2n) is 6.16. The zero-order valence-corrected chi connectivity index (χ0v) is 15.1. The number of rotatable bonds is 5. The number of allylic oxidation sites excluding steroid dienone is 10. The topological polar surface area (TPSA) is 0 Å². The van der Waals surface area contributed by atoms with Crippen LogP contribution >= 0.6 is 0 Å². The van der Waals surface area contributed by atoms with Crippen LogP contribution in [0.15, 0.2) is 75.6 Å². The SMILES string of the molecule is C=C(C)/C=C\C(C)=C1C=C(/C(C)=C\CC)C(CC)=C=C(C)C\1. The van der Waals surface area contributed by atoms with Crippen LogP contribution in [0.1, 0.15) is 60.8 Å². The van der Waals surface area contributed by atoms with Crippen LogP contribution in [0.25, 0.3) is 0 Å². The van der Waals surface area contributed by atoms with Crippen LogP contribution in [0.3, 0.4) is 0 Å². The van der Waals surface area contributed by atoms with Crippen molar-refractivity contribution in [3.8, 4) is 0 Å². The van der Waals surface area contributed by atoms with Gasteiger partial charge < -0.3 is 0 Å². The van der Waals surface area contributed by atoms with Gasteiger partial charge in [0.1, 0.15) is 0 Å². The van der Waals surface area contributed by atoms with Crippen LogP contribution in [-0.4, -0.2) is 0 Å². The lowest BCUT2D eigenvalue weighted by atomic mass is 9.94. The Labute approximate surface area is 137 Å². The molecule has 0 heterocycles. The van der Waals surface area contributed by atoms with Gasteiger partial charge in [-0.1, -0.05) is 44.2 Å². The van der Waals surface area contributed by atoms with Gasteiger partial charge in [0.15, 0.2) is 0 Å². The molecule has 0 spiro atoms. The molecule has 0 amide bonds. The van der Waals surface area contributed by atoms with E-state index in [4.69, 9.17) is 0 Å². The molecule has 0 unspecified atom stereocenters. The van der Waals surface area contributed by atoms with E-state index in [0.29, 0.717) is 0 Å². The minimum Gasteiger partial charge on any atom is -0.118 e. The predicted molar refractivity (Wildman–Crippen MR) is 99.9 cm³/mol. The molecule has 0 atom stereocenters. The van der Waals surface area contributed by atoms with Crippen molar-refractivity contribution in [2.24, 2.45) is 0 Å². The summed E-state index contributed by atoms with van der Waals surface area (Å²) in [5.74, 6) is 0. The average molecular weight is 294 g/mol. The van der Waals surface area contributed by atoms with Crippen molar-refractivity contribution in [3.05, 3.63) is 75.6 Å². The van der Waals surface area contributed by atoms with Crippen LogP contribution in [0.4, 0.5) is 0 Å². The van der Waals surface area contributed by atoms with Gasteiger partial charge in [-0.3, -0.25) is 0 Å². The van der Waals surface area contributed by atoms with E-state index >= 15 is 0 Å². The molecule has 0 aromatic rings. The monoisotopic (exact) mass is 294 g/mol. The molecular formula is C22H30. The Morgan fingerprint density at radius 2 is 1.91 bits per heavy atom. The lowest BCUT2D eigenvalue weighted by Gasteiger charge is -2.10. The standard InChI is InChI=1S/C22H30/c1-8-10-19(7)22-15-21(18(6)12-11-16(3)4)14-17(5)13-20(22)9-2/h10-12,15H,3,8-9,14H2,1-2,4-7H3/b12-11-,19-10-,21-18+. The Balaban J connectivity index is 3.45. The summed E-state index contributed by atoms with van der Waals surface area (Å²) < 4.78 is 0. The zero-order chi connectivity index (χ0) is 16.7. The molecular weight excluding hydrogens is 264 g/mol. The van der Waals surface area contributed by atoms with E-state index in [9.17, 15) is 0 Å². The first kappa shape index (κ1) is 18.3. The molecule has 0 bridgehead atoms. The number of hydrogen-bond donors (Lipinski definition) is 0. The van der Waals surface area contributed by atoms with E-state index < -0.39 is 0 Å². The van der Waals surface area contributed by atoms with Crippen LogP contribution in [0.2, 0.25) is 0 Å². The molecule has 1 rings (SSSR count). The molecule has 0 aromatic heterocycles. The maximum Gasteiger partial charge on any atom is 0.00115 e. The van der Waals surface area contributed by atoms with Crippen LogP contribution in [0.5, 0.6) is 0 Å². The van der Waals surface area contributed by atoms with E-state index in [1.54, 1.807) is 0 Å². The van der Waals surface area contributed by atoms with Gasteiger partial charge in [0.2, 0.25) is 0 Å². The minimum absolute atomic E-state index is 0.971. The van der Waals surface area contributed by atoms with Gasteiger partial charge in [0, 0.05) is 12.0 Å². The molecule has 1 aliphatic carbocycles. The molecule has 0 saturated carbocycles. The Morgan fingerprint density at radius 3 is 2.45 bits per heavy atom. The maximum atomic E-state index is 3.94. The van der Waals surface area contributed by atoms with Crippen molar-refractivity contribution in [1.82, 2.24) is 0 Å². The summed E-state index contributed by atoms with van der Waals surface area (Å²) in [7, 11) is 0. The average Bonchev–Trinajstić information content (AvgIpc) is 2.63. The third-order valence-electron chi connectivity index (χ3n) is 3.88. The van der Waals surface area contributed by atoms with Crippen molar-refractivity contribution < 1.29 is 0 Å². The highest BCUT2D eigenvalue weighted by molar-refractivity contribution is 5.53. The summed E-state index contributed by atoms with van der Waals surface area (Å²) in [6.45, 7) is 17.0. The third kappa shape index (κ3) is 5.20. The fourth-order valence-corrected chi connectivity index (χ4v) is 2.64. The molecule has 0 N–H and O–H groups in total. The quantitative estimate of drug-likeness (QED) is 0.378. The van der Waals surface area contributed by atoms with Gasteiger partial charge in [-0.25, -0.2) is 0 Å². The van der Waals surface area contributed by atoms with E-state index in [-0.39, 0.29) is 0 Å². The minimum atomic E-state index is 0.971. The third-order valence-corrected chi connectivity index (χ3v) is 3.88. The molecule has 22 heavy (non-hydrogen) atoms. The smallest absolute Gasteiger partial charge is 0.00115 e. The first-order valence-corrected chi connectivity index (χ1v) is 8.26. The Hall–Kier alpha value is -1.78. The fraction of sp³-hybridized carbons (Fsp3) is 0.409. The van der Waals surface area contributed by atoms with Gasteiger partial charge in [0.05, 0.1) is 0 Å². The summed E-state index contributed by atoms with van der Waals surface area (Å²) in [6.07, 6.45) is 12.0. The maximum absolute atomic E-state index is 3.94. The molecule has 0 aromatic carbocycles. The summed E-state index contributed by atoms with van der Waals surface area (Å²) in [5.41, 5.74) is 12.7. The molecule has 1 aliphatic rings. The van der Waals surface area contributed by atoms with E-state index in [0.717, 1.165) is 24.8 Å². The Kier molecular flexibility index (Phi) is 7.15. The lowest BCUT2D eigenvalue weighted by Crippen LogP contribution is -1.92. The first-order valence-electron chi connectivity index (χ1n) is 8.26. The second-order valence-corrected chi connectivity index (χ2v) is 6.16.